The highest BCUT2D eigenvalue weighted by Gasteiger charge is 2.19. The molecule has 0 aliphatic heterocycles. The van der Waals surface area contributed by atoms with Crippen LogP contribution in [0.15, 0.2) is 36.5 Å². The average molecular weight is 254 g/mol. The van der Waals surface area contributed by atoms with Crippen molar-refractivity contribution in [2.24, 2.45) is 5.73 Å². The van der Waals surface area contributed by atoms with E-state index >= 15 is 0 Å². The summed E-state index contributed by atoms with van der Waals surface area (Å²) in [6.07, 6.45) is 5.28. The fourth-order valence-electron chi connectivity index (χ4n) is 2.66. The maximum absolute atomic E-state index is 5.58. The Morgan fingerprint density at radius 3 is 3.05 bits per heavy atom. The average Bonchev–Trinajstić information content (AvgIpc) is 2.48. The maximum atomic E-state index is 5.58. The highest BCUT2D eigenvalue weighted by molar-refractivity contribution is 5.41. The molecule has 1 aliphatic carbocycles. The normalized spacial score (nSPS) is 17.8. The lowest BCUT2D eigenvalue weighted by molar-refractivity contribution is 0.598. The van der Waals surface area contributed by atoms with E-state index in [2.05, 4.69) is 39.6 Å². The number of nitrogens with two attached hydrogens (primary N) is 1. The first-order valence-electron chi connectivity index (χ1n) is 6.73. The summed E-state index contributed by atoms with van der Waals surface area (Å²) in [5.41, 5.74) is 8.41. The molecule has 1 heterocycles. The first kappa shape index (κ1) is 12.1. The lowest BCUT2D eigenvalue weighted by Crippen LogP contribution is -2.18. The summed E-state index contributed by atoms with van der Waals surface area (Å²) in [7, 11) is 0. The van der Waals surface area contributed by atoms with Crippen LogP contribution < -0.4 is 11.1 Å². The minimum absolute atomic E-state index is 0.338. The van der Waals surface area contributed by atoms with Gasteiger partial charge in [-0.2, -0.15) is 0 Å². The van der Waals surface area contributed by atoms with Crippen molar-refractivity contribution < 1.29 is 0 Å². The monoisotopic (exact) mass is 254 g/mol. The number of nitrogens with zero attached hydrogens (tertiary/aromatic N) is 2. The van der Waals surface area contributed by atoms with Crippen molar-refractivity contribution in [2.75, 3.05) is 5.32 Å². The fourth-order valence-corrected chi connectivity index (χ4v) is 2.66. The fraction of sp³-hybridized carbons (Fsp3) is 0.333. The predicted octanol–water partition coefficient (Wildman–Crippen LogP) is 2.42. The number of rotatable bonds is 3. The number of benzene rings is 1. The molecule has 3 rings (SSSR count). The molecular weight excluding hydrogens is 236 g/mol. The van der Waals surface area contributed by atoms with Gasteiger partial charge in [-0.05, 0) is 36.5 Å². The van der Waals surface area contributed by atoms with Crippen molar-refractivity contribution in [3.8, 4) is 0 Å². The zero-order valence-corrected chi connectivity index (χ0v) is 10.8. The number of aryl methyl sites for hydroxylation is 1. The number of anilines is 1. The Bertz CT molecular complexity index is 568. The van der Waals surface area contributed by atoms with E-state index in [4.69, 9.17) is 5.73 Å². The Hall–Kier alpha value is -1.94. The minimum atomic E-state index is 0.338. The van der Waals surface area contributed by atoms with Crippen molar-refractivity contribution in [2.45, 2.75) is 31.8 Å². The van der Waals surface area contributed by atoms with Gasteiger partial charge in [0.15, 0.2) is 0 Å². The molecule has 2 aromatic rings. The zero-order chi connectivity index (χ0) is 13.1. The van der Waals surface area contributed by atoms with Gasteiger partial charge >= 0.3 is 0 Å². The standard InChI is InChI=1S/C15H18N4/c16-10-15-17-9-8-14(19-15)18-13-7-3-5-11-4-1-2-6-12(11)13/h1-2,4,6,8-9,13H,3,5,7,10,16H2,(H,17,18,19). The molecule has 19 heavy (non-hydrogen) atoms. The molecular formula is C15H18N4. The van der Waals surface area contributed by atoms with E-state index in [9.17, 15) is 0 Å². The van der Waals surface area contributed by atoms with Crippen LogP contribution in [0.2, 0.25) is 0 Å². The molecule has 1 unspecified atom stereocenters. The number of nitrogens with one attached hydrogen (secondary N) is 1. The zero-order valence-electron chi connectivity index (χ0n) is 10.8. The van der Waals surface area contributed by atoms with Gasteiger partial charge in [-0.15, -0.1) is 0 Å². The topological polar surface area (TPSA) is 63.8 Å². The molecule has 1 aromatic heterocycles. The van der Waals surface area contributed by atoms with Gasteiger partial charge in [0.25, 0.3) is 0 Å². The van der Waals surface area contributed by atoms with Crippen molar-refractivity contribution in [3.05, 3.63) is 53.5 Å². The molecule has 98 valence electrons. The second-order valence-corrected chi connectivity index (χ2v) is 4.85. The summed E-state index contributed by atoms with van der Waals surface area (Å²) in [5, 5.41) is 3.51. The summed E-state index contributed by atoms with van der Waals surface area (Å²) in [6, 6.07) is 10.9. The Morgan fingerprint density at radius 1 is 1.26 bits per heavy atom. The van der Waals surface area contributed by atoms with Gasteiger partial charge < -0.3 is 11.1 Å². The lowest BCUT2D eigenvalue weighted by atomic mass is 9.88. The lowest BCUT2D eigenvalue weighted by Gasteiger charge is -2.26. The van der Waals surface area contributed by atoms with E-state index < -0.39 is 0 Å². The van der Waals surface area contributed by atoms with Gasteiger partial charge in [0.1, 0.15) is 11.6 Å². The second kappa shape index (κ2) is 5.36. The highest BCUT2D eigenvalue weighted by Crippen LogP contribution is 2.31. The Balaban J connectivity index is 1.84. The summed E-state index contributed by atoms with van der Waals surface area (Å²) in [4.78, 5) is 8.53. The van der Waals surface area contributed by atoms with E-state index in [1.807, 2.05) is 6.07 Å². The molecule has 1 aromatic carbocycles. The molecule has 0 saturated carbocycles. The Kier molecular flexibility index (Phi) is 3.42. The van der Waals surface area contributed by atoms with Crippen molar-refractivity contribution >= 4 is 5.82 Å². The summed E-state index contributed by atoms with van der Waals surface area (Å²) in [6.45, 7) is 0.372. The van der Waals surface area contributed by atoms with Crippen LogP contribution in [0.1, 0.15) is 35.8 Å². The predicted molar refractivity (Wildman–Crippen MR) is 75.7 cm³/mol. The van der Waals surface area contributed by atoms with Gasteiger partial charge in [-0.25, -0.2) is 9.97 Å². The van der Waals surface area contributed by atoms with E-state index in [0.717, 1.165) is 12.2 Å². The van der Waals surface area contributed by atoms with Crippen LogP contribution in [0.3, 0.4) is 0 Å². The van der Waals surface area contributed by atoms with Crippen LogP contribution in [-0.2, 0) is 13.0 Å². The number of hydrogen-bond donors (Lipinski definition) is 2. The number of hydrogen-bond acceptors (Lipinski definition) is 4. The van der Waals surface area contributed by atoms with Crippen LogP contribution in [-0.4, -0.2) is 9.97 Å². The third-order valence-corrected chi connectivity index (χ3v) is 3.58. The first-order valence-corrected chi connectivity index (χ1v) is 6.73. The summed E-state index contributed by atoms with van der Waals surface area (Å²) >= 11 is 0. The maximum Gasteiger partial charge on any atom is 0.144 e. The molecule has 1 atom stereocenters. The molecule has 0 saturated heterocycles. The molecule has 1 aliphatic rings. The van der Waals surface area contributed by atoms with Gasteiger partial charge in [-0.1, -0.05) is 24.3 Å². The number of fused-ring (bicyclic) bond motifs is 1. The van der Waals surface area contributed by atoms with Gasteiger partial charge in [0.2, 0.25) is 0 Å². The van der Waals surface area contributed by atoms with Crippen LogP contribution in [0, 0.1) is 0 Å². The second-order valence-electron chi connectivity index (χ2n) is 4.85. The van der Waals surface area contributed by atoms with Gasteiger partial charge in [-0.3, -0.25) is 0 Å². The molecule has 0 amide bonds. The molecule has 0 radical (unpaired) electrons. The SMILES string of the molecule is NCc1nccc(NC2CCCc3ccccc32)n1. The van der Waals surface area contributed by atoms with E-state index in [1.165, 1.54) is 24.0 Å². The molecule has 3 N–H and O–H groups in total. The number of aromatic nitrogens is 2. The Labute approximate surface area is 113 Å². The molecule has 0 fully saturated rings. The summed E-state index contributed by atoms with van der Waals surface area (Å²) in [5.74, 6) is 1.53. The smallest absolute Gasteiger partial charge is 0.144 e. The minimum Gasteiger partial charge on any atom is -0.363 e. The van der Waals surface area contributed by atoms with Gasteiger partial charge in [0, 0.05) is 6.20 Å². The largest absolute Gasteiger partial charge is 0.363 e. The van der Waals surface area contributed by atoms with E-state index in [0.29, 0.717) is 18.4 Å². The highest BCUT2D eigenvalue weighted by atomic mass is 15.1. The van der Waals surface area contributed by atoms with E-state index in [1.54, 1.807) is 6.20 Å². The summed E-state index contributed by atoms with van der Waals surface area (Å²) < 4.78 is 0. The quantitative estimate of drug-likeness (QED) is 0.883. The van der Waals surface area contributed by atoms with Crippen LogP contribution in [0.5, 0.6) is 0 Å². The van der Waals surface area contributed by atoms with E-state index in [-0.39, 0.29) is 0 Å². The van der Waals surface area contributed by atoms with Gasteiger partial charge in [0.05, 0.1) is 12.6 Å². The van der Waals surface area contributed by atoms with Crippen molar-refractivity contribution in [1.82, 2.24) is 9.97 Å². The van der Waals surface area contributed by atoms with Crippen molar-refractivity contribution in [3.63, 3.8) is 0 Å². The Morgan fingerprint density at radius 2 is 2.16 bits per heavy atom. The molecule has 4 heteroatoms. The molecule has 4 nitrogen and oxygen atoms in total. The van der Waals surface area contributed by atoms with Crippen LogP contribution in [0.4, 0.5) is 5.82 Å². The third kappa shape index (κ3) is 2.58. The first-order chi connectivity index (χ1) is 9.36. The third-order valence-electron chi connectivity index (χ3n) is 3.58. The van der Waals surface area contributed by atoms with Crippen molar-refractivity contribution in [1.29, 1.82) is 0 Å². The molecule has 0 spiro atoms. The van der Waals surface area contributed by atoms with Crippen LogP contribution in [0.25, 0.3) is 0 Å². The van der Waals surface area contributed by atoms with Crippen LogP contribution >= 0.6 is 0 Å². The molecule has 0 bridgehead atoms.